The van der Waals surface area contributed by atoms with Crippen molar-refractivity contribution >= 4 is 0 Å². The monoisotopic (exact) mass is 280 g/mol. The van der Waals surface area contributed by atoms with Gasteiger partial charge in [-0.05, 0) is 48.9 Å². The summed E-state index contributed by atoms with van der Waals surface area (Å²) in [6, 6.07) is 0. The molecule has 1 saturated carbocycles. The Morgan fingerprint density at radius 1 is 0.950 bits per heavy atom. The summed E-state index contributed by atoms with van der Waals surface area (Å²) in [6.07, 6.45) is 17.3. The van der Waals surface area contributed by atoms with Crippen molar-refractivity contribution in [3.8, 4) is 0 Å². The molecule has 1 aliphatic rings. The van der Waals surface area contributed by atoms with Crippen molar-refractivity contribution in [1.29, 1.82) is 0 Å². The van der Waals surface area contributed by atoms with Gasteiger partial charge in [-0.3, -0.25) is 0 Å². The maximum Gasteiger partial charge on any atom is -0.0244 e. The van der Waals surface area contributed by atoms with E-state index in [1.54, 1.807) is 0 Å². The average molecular weight is 281 g/mol. The van der Waals surface area contributed by atoms with Crippen LogP contribution in [0, 0.1) is 16.7 Å². The second-order valence-corrected chi connectivity index (χ2v) is 7.77. The fraction of sp³-hybridized carbons (Fsp3) is 1.00. The third kappa shape index (κ3) is 4.50. The van der Waals surface area contributed by atoms with Crippen LogP contribution in [-0.4, -0.2) is 0 Å². The third-order valence-corrected chi connectivity index (χ3v) is 6.44. The lowest BCUT2D eigenvalue weighted by molar-refractivity contribution is 0.0795. The van der Waals surface area contributed by atoms with Gasteiger partial charge >= 0.3 is 0 Å². The quantitative estimate of drug-likeness (QED) is 0.327. The smallest absolute Gasteiger partial charge is 0.0244 e. The van der Waals surface area contributed by atoms with Gasteiger partial charge < -0.3 is 0 Å². The summed E-state index contributed by atoms with van der Waals surface area (Å²) in [6.45, 7) is 12.2. The SMILES string of the molecule is CCCCCC(CC)CC(CC)(CCCC)C1(C)CC1. The van der Waals surface area contributed by atoms with Gasteiger partial charge in [0.2, 0.25) is 0 Å². The van der Waals surface area contributed by atoms with Crippen LogP contribution in [0.3, 0.4) is 0 Å². The van der Waals surface area contributed by atoms with Gasteiger partial charge in [0.25, 0.3) is 0 Å². The average Bonchev–Trinajstić information content (AvgIpc) is 3.21. The lowest BCUT2D eigenvalue weighted by atomic mass is 9.63. The molecule has 2 atom stereocenters. The van der Waals surface area contributed by atoms with E-state index in [4.69, 9.17) is 0 Å². The van der Waals surface area contributed by atoms with Gasteiger partial charge in [0.1, 0.15) is 0 Å². The first-order chi connectivity index (χ1) is 9.57. The summed E-state index contributed by atoms with van der Waals surface area (Å²) in [5, 5.41) is 0. The van der Waals surface area contributed by atoms with Crippen LogP contribution in [0.15, 0.2) is 0 Å². The van der Waals surface area contributed by atoms with E-state index < -0.39 is 0 Å². The van der Waals surface area contributed by atoms with Gasteiger partial charge in [-0.2, -0.15) is 0 Å². The second-order valence-electron chi connectivity index (χ2n) is 7.77. The third-order valence-electron chi connectivity index (χ3n) is 6.44. The summed E-state index contributed by atoms with van der Waals surface area (Å²) >= 11 is 0. The first-order valence-electron chi connectivity index (χ1n) is 9.57. The summed E-state index contributed by atoms with van der Waals surface area (Å²) in [5.41, 5.74) is 1.35. The van der Waals surface area contributed by atoms with E-state index in [1.165, 1.54) is 77.0 Å². The van der Waals surface area contributed by atoms with Crippen molar-refractivity contribution < 1.29 is 0 Å². The second kappa shape index (κ2) is 8.44. The van der Waals surface area contributed by atoms with Crippen LogP contribution in [-0.2, 0) is 0 Å². The summed E-state index contributed by atoms with van der Waals surface area (Å²) in [5.74, 6) is 0.982. The van der Waals surface area contributed by atoms with Gasteiger partial charge in [0.05, 0.1) is 0 Å². The summed E-state index contributed by atoms with van der Waals surface area (Å²) < 4.78 is 0. The van der Waals surface area contributed by atoms with E-state index in [9.17, 15) is 0 Å². The molecular weight excluding hydrogens is 240 g/mol. The van der Waals surface area contributed by atoms with Gasteiger partial charge in [-0.1, -0.05) is 79.6 Å². The molecule has 0 heteroatoms. The fourth-order valence-electron chi connectivity index (χ4n) is 4.32. The molecule has 0 aromatic rings. The van der Waals surface area contributed by atoms with E-state index in [1.807, 2.05) is 0 Å². The van der Waals surface area contributed by atoms with E-state index in [-0.39, 0.29) is 0 Å². The number of rotatable bonds is 12. The Morgan fingerprint density at radius 3 is 2.05 bits per heavy atom. The maximum atomic E-state index is 2.59. The van der Waals surface area contributed by atoms with Crippen molar-refractivity contribution in [1.82, 2.24) is 0 Å². The molecule has 0 nitrogen and oxygen atoms in total. The van der Waals surface area contributed by atoms with Gasteiger partial charge in [-0.15, -0.1) is 0 Å². The van der Waals surface area contributed by atoms with E-state index in [2.05, 4.69) is 34.6 Å². The minimum atomic E-state index is 0.663. The van der Waals surface area contributed by atoms with Crippen molar-refractivity contribution in [2.45, 2.75) is 112 Å². The molecule has 0 aromatic heterocycles. The van der Waals surface area contributed by atoms with Crippen LogP contribution < -0.4 is 0 Å². The van der Waals surface area contributed by atoms with Crippen molar-refractivity contribution in [3.63, 3.8) is 0 Å². The molecule has 1 aliphatic carbocycles. The van der Waals surface area contributed by atoms with Crippen LogP contribution in [0.2, 0.25) is 0 Å². The highest BCUT2D eigenvalue weighted by Gasteiger charge is 2.54. The first-order valence-corrected chi connectivity index (χ1v) is 9.57. The van der Waals surface area contributed by atoms with Crippen LogP contribution in [0.4, 0.5) is 0 Å². The van der Waals surface area contributed by atoms with Crippen LogP contribution in [0.5, 0.6) is 0 Å². The normalized spacial score (nSPS) is 21.4. The highest BCUT2D eigenvalue weighted by Crippen LogP contribution is 2.64. The molecule has 1 fully saturated rings. The zero-order chi connectivity index (χ0) is 15.1. The number of unbranched alkanes of at least 4 members (excludes halogenated alkanes) is 3. The van der Waals surface area contributed by atoms with E-state index >= 15 is 0 Å². The minimum absolute atomic E-state index is 0.663. The molecule has 0 aromatic carbocycles. The Labute approximate surface area is 129 Å². The molecule has 0 radical (unpaired) electrons. The fourth-order valence-corrected chi connectivity index (χ4v) is 4.32. The Morgan fingerprint density at radius 2 is 1.60 bits per heavy atom. The molecule has 0 heterocycles. The molecule has 0 amide bonds. The Bertz CT molecular complexity index is 251. The lowest BCUT2D eigenvalue weighted by Crippen LogP contribution is -2.32. The minimum Gasteiger partial charge on any atom is -0.0654 e. The molecule has 0 bridgehead atoms. The van der Waals surface area contributed by atoms with Gasteiger partial charge in [-0.25, -0.2) is 0 Å². The Balaban J connectivity index is 2.66. The predicted octanol–water partition coefficient (Wildman–Crippen LogP) is 7.37. The summed E-state index contributed by atoms with van der Waals surface area (Å²) in [7, 11) is 0. The molecule has 0 spiro atoms. The predicted molar refractivity (Wildman–Crippen MR) is 92.1 cm³/mol. The van der Waals surface area contributed by atoms with E-state index in [0.717, 1.165) is 5.92 Å². The largest absolute Gasteiger partial charge is 0.0654 e. The van der Waals surface area contributed by atoms with Gasteiger partial charge in [0.15, 0.2) is 0 Å². The topological polar surface area (TPSA) is 0 Å². The van der Waals surface area contributed by atoms with Crippen LogP contribution in [0.1, 0.15) is 112 Å². The molecule has 20 heavy (non-hydrogen) atoms. The number of hydrogen-bond acceptors (Lipinski definition) is 0. The zero-order valence-electron chi connectivity index (χ0n) is 15.1. The molecule has 0 N–H and O–H groups in total. The Hall–Kier alpha value is 0. The molecule has 2 unspecified atom stereocenters. The van der Waals surface area contributed by atoms with Crippen molar-refractivity contribution in [2.75, 3.05) is 0 Å². The van der Waals surface area contributed by atoms with E-state index in [0.29, 0.717) is 10.8 Å². The standard InChI is InChI=1S/C20H40/c1-6-10-12-13-18(8-3)17-20(9-4,14-11-7-2)19(5)15-16-19/h18H,6-17H2,1-5H3. The number of hydrogen-bond donors (Lipinski definition) is 0. The van der Waals surface area contributed by atoms with Crippen molar-refractivity contribution in [2.24, 2.45) is 16.7 Å². The van der Waals surface area contributed by atoms with Crippen LogP contribution >= 0.6 is 0 Å². The van der Waals surface area contributed by atoms with Gasteiger partial charge in [0, 0.05) is 0 Å². The maximum absolute atomic E-state index is 2.59. The highest BCUT2D eigenvalue weighted by atomic mass is 14.6. The summed E-state index contributed by atoms with van der Waals surface area (Å²) in [4.78, 5) is 0. The van der Waals surface area contributed by atoms with Crippen molar-refractivity contribution in [3.05, 3.63) is 0 Å². The molecule has 120 valence electrons. The molecular formula is C20H40. The molecule has 0 saturated heterocycles. The molecule has 1 rings (SSSR count). The zero-order valence-corrected chi connectivity index (χ0v) is 15.1. The molecule has 0 aliphatic heterocycles. The first kappa shape index (κ1) is 18.1. The van der Waals surface area contributed by atoms with Crippen LogP contribution in [0.25, 0.3) is 0 Å². The lowest BCUT2D eigenvalue weighted by Gasteiger charge is -2.42. The highest BCUT2D eigenvalue weighted by molar-refractivity contribution is 5.04. The Kier molecular flexibility index (Phi) is 7.62.